The van der Waals surface area contributed by atoms with E-state index in [9.17, 15) is 0 Å². The molecule has 0 saturated heterocycles. The largest absolute Gasteiger partial charge is 0.0845 e. The van der Waals surface area contributed by atoms with Gasteiger partial charge in [0.15, 0.2) is 0 Å². The molecule has 0 unspecified atom stereocenters. The number of hydrogen-bond acceptors (Lipinski definition) is 0. The Hall–Kier alpha value is -0.780. The molecule has 0 aromatic rings. The fraction of sp³-hybridized carbons (Fsp3) is 0.500. The summed E-state index contributed by atoms with van der Waals surface area (Å²) in [7, 11) is 0. The van der Waals surface area contributed by atoms with Crippen LogP contribution in [0.1, 0.15) is 38.5 Å². The molecule has 0 nitrogen and oxygen atoms in total. The smallest absolute Gasteiger partial charge is 0.0348 e. The Morgan fingerprint density at radius 3 is 1.50 bits per heavy atom. The lowest BCUT2D eigenvalue weighted by molar-refractivity contribution is 0.652. The van der Waals surface area contributed by atoms with Crippen LogP contribution in [0.25, 0.3) is 0 Å². The molecule has 0 aromatic carbocycles. The molecule has 0 amide bonds. The first kappa shape index (κ1) is 9.31. The maximum Gasteiger partial charge on any atom is -0.0348 e. The van der Waals surface area contributed by atoms with Gasteiger partial charge in [0.2, 0.25) is 0 Å². The van der Waals surface area contributed by atoms with Gasteiger partial charge in [-0.05, 0) is 25.7 Å². The van der Waals surface area contributed by atoms with E-state index in [4.69, 9.17) is 0 Å². The van der Waals surface area contributed by atoms with Crippen LogP contribution in [0, 0.1) is 0 Å². The van der Waals surface area contributed by atoms with Crippen LogP contribution in [-0.2, 0) is 0 Å². The van der Waals surface area contributed by atoms with Crippen molar-refractivity contribution < 1.29 is 0 Å². The zero-order chi connectivity index (χ0) is 8.49. The van der Waals surface area contributed by atoms with E-state index in [-0.39, 0.29) is 0 Å². The molecule has 0 spiro atoms. The summed E-state index contributed by atoms with van der Waals surface area (Å²) < 4.78 is 0. The van der Waals surface area contributed by atoms with Gasteiger partial charge in [0.1, 0.15) is 0 Å². The van der Waals surface area contributed by atoms with Crippen molar-refractivity contribution in [3.8, 4) is 0 Å². The van der Waals surface area contributed by atoms with Crippen LogP contribution in [0.15, 0.2) is 36.5 Å². The van der Waals surface area contributed by atoms with Crippen LogP contribution < -0.4 is 0 Å². The van der Waals surface area contributed by atoms with Gasteiger partial charge < -0.3 is 0 Å². The minimum absolute atomic E-state index is 1.24. The third kappa shape index (κ3) is 4.95. The summed E-state index contributed by atoms with van der Waals surface area (Å²) in [6.45, 7) is 0. The third-order valence-corrected chi connectivity index (χ3v) is 2.10. The third-order valence-electron chi connectivity index (χ3n) is 2.10. The standard InChI is InChI=1S/C12H18/c1-2-4-6-8-10-12-11-9-7-5-3-1/h1-6H,7-12H2/b2-1+,5-3+,6-4+. The molecule has 0 aromatic heterocycles. The molecular weight excluding hydrogens is 144 g/mol. The molecule has 0 fully saturated rings. The van der Waals surface area contributed by atoms with Gasteiger partial charge in [-0.15, -0.1) is 0 Å². The highest BCUT2D eigenvalue weighted by Crippen LogP contribution is 2.07. The highest BCUT2D eigenvalue weighted by atomic mass is 13.9. The summed E-state index contributed by atoms with van der Waals surface area (Å²) in [5, 5.41) is 0. The zero-order valence-electron chi connectivity index (χ0n) is 7.71. The van der Waals surface area contributed by atoms with Crippen molar-refractivity contribution in [2.45, 2.75) is 38.5 Å². The quantitative estimate of drug-likeness (QED) is 0.505. The Labute approximate surface area is 75.7 Å². The van der Waals surface area contributed by atoms with Crippen LogP contribution in [-0.4, -0.2) is 0 Å². The molecule has 0 heterocycles. The maximum absolute atomic E-state index is 2.26. The Morgan fingerprint density at radius 1 is 0.500 bits per heavy atom. The summed E-state index contributed by atoms with van der Waals surface area (Å²) in [6.07, 6.45) is 21.0. The second-order valence-corrected chi connectivity index (χ2v) is 3.23. The van der Waals surface area contributed by atoms with E-state index in [0.717, 1.165) is 0 Å². The van der Waals surface area contributed by atoms with Gasteiger partial charge in [0.05, 0.1) is 0 Å². The van der Waals surface area contributed by atoms with Crippen LogP contribution in [0.5, 0.6) is 0 Å². The summed E-state index contributed by atoms with van der Waals surface area (Å²) in [5.74, 6) is 0. The van der Waals surface area contributed by atoms with Gasteiger partial charge in [0.25, 0.3) is 0 Å². The first-order valence-electron chi connectivity index (χ1n) is 4.98. The predicted molar refractivity (Wildman–Crippen MR) is 55.1 cm³/mol. The minimum Gasteiger partial charge on any atom is -0.0845 e. The van der Waals surface area contributed by atoms with Crippen molar-refractivity contribution >= 4 is 0 Å². The minimum atomic E-state index is 1.24. The molecule has 66 valence electrons. The lowest BCUT2D eigenvalue weighted by Gasteiger charge is -1.96. The second-order valence-electron chi connectivity index (χ2n) is 3.23. The molecule has 1 aliphatic rings. The molecule has 1 rings (SSSR count). The van der Waals surface area contributed by atoms with Crippen molar-refractivity contribution in [2.75, 3.05) is 0 Å². The van der Waals surface area contributed by atoms with Gasteiger partial charge in [-0.3, -0.25) is 0 Å². The van der Waals surface area contributed by atoms with Gasteiger partial charge >= 0.3 is 0 Å². The van der Waals surface area contributed by atoms with E-state index in [2.05, 4.69) is 36.5 Å². The molecule has 0 atom stereocenters. The SMILES string of the molecule is C1=C/C=C/CCCCCC/C=C/1. The predicted octanol–water partition coefficient (Wildman–Crippen LogP) is 4.01. The van der Waals surface area contributed by atoms with Gasteiger partial charge in [-0.1, -0.05) is 49.3 Å². The average Bonchev–Trinajstić information content (AvgIpc) is 2.05. The fourth-order valence-corrected chi connectivity index (χ4v) is 1.36. The van der Waals surface area contributed by atoms with E-state index in [1.54, 1.807) is 0 Å². The molecule has 12 heavy (non-hydrogen) atoms. The highest BCUT2D eigenvalue weighted by Gasteiger charge is 1.87. The van der Waals surface area contributed by atoms with E-state index < -0.39 is 0 Å². The van der Waals surface area contributed by atoms with Crippen LogP contribution in [0.4, 0.5) is 0 Å². The van der Waals surface area contributed by atoms with Crippen LogP contribution >= 0.6 is 0 Å². The van der Waals surface area contributed by atoms with Gasteiger partial charge in [-0.2, -0.15) is 0 Å². The lowest BCUT2D eigenvalue weighted by Crippen LogP contribution is -1.77. The summed E-state index contributed by atoms with van der Waals surface area (Å²) in [5.41, 5.74) is 0. The average molecular weight is 162 g/mol. The molecule has 0 bridgehead atoms. The maximum atomic E-state index is 2.26. The van der Waals surface area contributed by atoms with Gasteiger partial charge in [0, 0.05) is 0 Å². The Morgan fingerprint density at radius 2 is 1.00 bits per heavy atom. The van der Waals surface area contributed by atoms with Crippen molar-refractivity contribution in [1.82, 2.24) is 0 Å². The van der Waals surface area contributed by atoms with E-state index >= 15 is 0 Å². The summed E-state index contributed by atoms with van der Waals surface area (Å²) in [4.78, 5) is 0. The van der Waals surface area contributed by atoms with Crippen LogP contribution in [0.3, 0.4) is 0 Å². The van der Waals surface area contributed by atoms with Crippen LogP contribution in [0.2, 0.25) is 0 Å². The van der Waals surface area contributed by atoms with Crippen molar-refractivity contribution in [2.24, 2.45) is 0 Å². The van der Waals surface area contributed by atoms with E-state index in [1.165, 1.54) is 38.5 Å². The molecule has 0 heteroatoms. The monoisotopic (exact) mass is 162 g/mol. The Bertz CT molecular complexity index is 152. The Kier molecular flexibility index (Phi) is 5.35. The summed E-state index contributed by atoms with van der Waals surface area (Å²) >= 11 is 0. The van der Waals surface area contributed by atoms with Crippen molar-refractivity contribution in [3.63, 3.8) is 0 Å². The highest BCUT2D eigenvalue weighted by molar-refractivity contribution is 5.11. The van der Waals surface area contributed by atoms with Crippen molar-refractivity contribution in [1.29, 1.82) is 0 Å². The number of rotatable bonds is 0. The first-order chi connectivity index (χ1) is 6.00. The summed E-state index contributed by atoms with van der Waals surface area (Å²) in [6, 6.07) is 0. The van der Waals surface area contributed by atoms with E-state index in [1.807, 2.05) is 0 Å². The normalized spacial score (nSPS) is 28.0. The van der Waals surface area contributed by atoms with Gasteiger partial charge in [-0.25, -0.2) is 0 Å². The lowest BCUT2D eigenvalue weighted by atomic mass is 10.1. The number of allylic oxidation sites excluding steroid dienone is 6. The molecule has 1 aliphatic carbocycles. The molecule has 0 radical (unpaired) electrons. The molecule has 0 N–H and O–H groups in total. The molecule has 0 saturated carbocycles. The Balaban J connectivity index is 2.32. The zero-order valence-corrected chi connectivity index (χ0v) is 7.71. The number of hydrogen-bond donors (Lipinski definition) is 0. The topological polar surface area (TPSA) is 0 Å². The first-order valence-corrected chi connectivity index (χ1v) is 4.98. The van der Waals surface area contributed by atoms with E-state index in [0.29, 0.717) is 0 Å². The molecular formula is C12H18. The molecule has 0 aliphatic heterocycles. The second kappa shape index (κ2) is 6.90. The van der Waals surface area contributed by atoms with Crippen molar-refractivity contribution in [3.05, 3.63) is 36.5 Å². The fourth-order valence-electron chi connectivity index (χ4n) is 1.36.